The minimum absolute atomic E-state index is 0.0548. The molecule has 0 radical (unpaired) electrons. The first-order valence-corrected chi connectivity index (χ1v) is 12.5. The molecule has 7 heteroatoms. The lowest BCUT2D eigenvalue weighted by molar-refractivity contribution is -0.146. The number of carbonyl (C=O) groups is 1. The molecule has 0 saturated carbocycles. The van der Waals surface area contributed by atoms with Gasteiger partial charge in [0.25, 0.3) is 0 Å². The molecule has 178 valence electrons. The van der Waals surface area contributed by atoms with Gasteiger partial charge in [-0.1, -0.05) is 41.8 Å². The van der Waals surface area contributed by atoms with Crippen LogP contribution in [0.3, 0.4) is 0 Å². The first-order valence-electron chi connectivity index (χ1n) is 11.7. The van der Waals surface area contributed by atoms with Gasteiger partial charge in [-0.05, 0) is 48.4 Å². The Bertz CT molecular complexity index is 1560. The number of esters is 1. The van der Waals surface area contributed by atoms with Crippen molar-refractivity contribution in [3.8, 4) is 5.75 Å². The number of fused-ring (bicyclic) bond motifs is 3. The Morgan fingerprint density at radius 3 is 2.74 bits per heavy atom. The number of hydrogen-bond acceptors (Lipinski definition) is 5. The smallest absolute Gasteiger partial charge is 0.344 e. The number of ether oxygens (including phenoxy) is 2. The summed E-state index contributed by atoms with van der Waals surface area (Å²) < 4.78 is 14.1. The van der Waals surface area contributed by atoms with Gasteiger partial charge in [-0.3, -0.25) is 9.78 Å². The third-order valence-corrected chi connectivity index (χ3v) is 6.63. The van der Waals surface area contributed by atoms with E-state index in [1.807, 2.05) is 42.6 Å². The highest BCUT2D eigenvalue weighted by Gasteiger charge is 2.18. The Morgan fingerprint density at radius 2 is 1.94 bits per heavy atom. The van der Waals surface area contributed by atoms with Crippen LogP contribution < -0.4 is 10.2 Å². The van der Waals surface area contributed by atoms with Gasteiger partial charge < -0.3 is 13.9 Å². The first-order chi connectivity index (χ1) is 17.0. The summed E-state index contributed by atoms with van der Waals surface area (Å²) in [7, 11) is 0. The Labute approximate surface area is 211 Å². The molecule has 0 spiro atoms. The number of carbonyl (C=O) groups excluding carboxylic acids is 1. The van der Waals surface area contributed by atoms with Crippen molar-refractivity contribution in [1.82, 2.24) is 9.38 Å². The van der Waals surface area contributed by atoms with Crippen molar-refractivity contribution in [3.05, 3.63) is 86.9 Å². The summed E-state index contributed by atoms with van der Waals surface area (Å²) in [5.74, 6) is 0.0523. The minimum atomic E-state index is -0.413. The average Bonchev–Trinajstić information content (AvgIpc) is 3.17. The van der Waals surface area contributed by atoms with E-state index in [2.05, 4.69) is 32.2 Å². The van der Waals surface area contributed by atoms with Gasteiger partial charge >= 0.3 is 5.97 Å². The molecule has 35 heavy (non-hydrogen) atoms. The molecule has 0 N–H and O–H groups in total. The van der Waals surface area contributed by atoms with Crippen molar-refractivity contribution >= 4 is 49.1 Å². The van der Waals surface area contributed by atoms with Crippen molar-refractivity contribution in [2.45, 2.75) is 32.6 Å². The fourth-order valence-electron chi connectivity index (χ4n) is 4.48. The van der Waals surface area contributed by atoms with Crippen LogP contribution in [0, 0.1) is 0 Å². The number of hydrogen-bond donors (Lipinski definition) is 0. The molecule has 2 aromatic carbocycles. The van der Waals surface area contributed by atoms with Gasteiger partial charge in [-0.15, -0.1) is 0 Å². The monoisotopic (exact) mass is 532 g/mol. The van der Waals surface area contributed by atoms with E-state index in [4.69, 9.17) is 9.47 Å². The maximum atomic E-state index is 13.6. The summed E-state index contributed by atoms with van der Waals surface area (Å²) in [6.45, 7) is 2.29. The predicted octanol–water partition coefficient (Wildman–Crippen LogP) is 5.90. The van der Waals surface area contributed by atoms with Crippen molar-refractivity contribution in [2.24, 2.45) is 0 Å². The zero-order valence-corrected chi connectivity index (χ0v) is 21.0. The number of pyridine rings is 2. The summed E-state index contributed by atoms with van der Waals surface area (Å²) in [5.41, 5.74) is 3.41. The molecule has 0 saturated heterocycles. The van der Waals surface area contributed by atoms with E-state index in [1.165, 1.54) is 0 Å². The third-order valence-electron chi connectivity index (χ3n) is 6.14. The zero-order valence-electron chi connectivity index (χ0n) is 19.4. The lowest BCUT2D eigenvalue weighted by Gasteiger charge is -2.10. The van der Waals surface area contributed by atoms with E-state index in [1.54, 1.807) is 18.5 Å². The third kappa shape index (κ3) is 4.73. The Morgan fingerprint density at radius 1 is 1.09 bits per heavy atom. The van der Waals surface area contributed by atoms with E-state index in [9.17, 15) is 9.59 Å². The fourth-order valence-corrected chi connectivity index (χ4v) is 4.84. The number of benzene rings is 2. The molecule has 5 aromatic rings. The summed E-state index contributed by atoms with van der Waals surface area (Å²) >= 11 is 3.56. The second kappa shape index (κ2) is 10.0. The van der Waals surface area contributed by atoms with Crippen LogP contribution in [0.5, 0.6) is 5.75 Å². The first kappa shape index (κ1) is 23.3. The molecule has 0 atom stereocenters. The highest BCUT2D eigenvalue weighted by atomic mass is 79.9. The van der Waals surface area contributed by atoms with Gasteiger partial charge in [-0.25, -0.2) is 4.79 Å². The van der Waals surface area contributed by atoms with Crippen molar-refractivity contribution in [2.75, 3.05) is 13.2 Å². The molecule has 6 nitrogen and oxygen atoms in total. The van der Waals surface area contributed by atoms with Crippen LogP contribution in [0.4, 0.5) is 0 Å². The van der Waals surface area contributed by atoms with Crippen LogP contribution in [0.2, 0.25) is 0 Å². The summed E-state index contributed by atoms with van der Waals surface area (Å²) in [6, 6.07) is 13.5. The summed E-state index contributed by atoms with van der Waals surface area (Å²) in [4.78, 5) is 29.9. The Kier molecular flexibility index (Phi) is 6.68. The van der Waals surface area contributed by atoms with Crippen molar-refractivity contribution < 1.29 is 14.3 Å². The maximum absolute atomic E-state index is 13.6. The Balaban J connectivity index is 1.57. The van der Waals surface area contributed by atoms with E-state index >= 15 is 0 Å². The molecule has 0 aliphatic carbocycles. The minimum Gasteiger partial charge on any atom is -0.482 e. The van der Waals surface area contributed by atoms with E-state index < -0.39 is 5.97 Å². The van der Waals surface area contributed by atoms with Gasteiger partial charge in [0.1, 0.15) is 5.75 Å². The van der Waals surface area contributed by atoms with Crippen LogP contribution in [0.15, 0.2) is 70.3 Å². The number of nitrogens with zero attached hydrogens (tertiary/aromatic N) is 2. The highest BCUT2D eigenvalue weighted by Crippen LogP contribution is 2.35. The largest absolute Gasteiger partial charge is 0.482 e. The van der Waals surface area contributed by atoms with Gasteiger partial charge in [0.05, 0.1) is 23.0 Å². The van der Waals surface area contributed by atoms with E-state index in [0.29, 0.717) is 29.7 Å². The molecular weight excluding hydrogens is 508 g/mol. The van der Waals surface area contributed by atoms with Crippen LogP contribution in [0.25, 0.3) is 27.2 Å². The van der Waals surface area contributed by atoms with Crippen molar-refractivity contribution in [1.29, 1.82) is 0 Å². The number of halogens is 1. The molecule has 0 unspecified atom stereocenters. The fraction of sp³-hybridized carbons (Fsp3) is 0.250. The van der Waals surface area contributed by atoms with Crippen LogP contribution in [-0.4, -0.2) is 28.6 Å². The van der Waals surface area contributed by atoms with Gasteiger partial charge in [0.2, 0.25) is 0 Å². The zero-order chi connectivity index (χ0) is 24.4. The standard InChI is InChI=1S/C28H25BrN2O4/c1-2-3-4-10-34-26(32)17-35-21-13-23-22-12-20(29)7-8-25(22)31-16-19(11-18-6-5-9-30-15-18)28(33)24(14-21)27(23)31/h5-9,12-16H,2-4,10-11,17H2,1H3. The van der Waals surface area contributed by atoms with E-state index in [0.717, 1.165) is 51.1 Å². The van der Waals surface area contributed by atoms with Gasteiger partial charge in [-0.2, -0.15) is 0 Å². The SMILES string of the molecule is CCCCCOC(=O)COc1cc2c(=O)c(Cc3cccnc3)cn3c4ccc(Br)cc4c(c1)c23. The molecule has 5 rings (SSSR count). The lowest BCUT2D eigenvalue weighted by atomic mass is 10.0. The number of unbranched alkanes of at least 4 members (excludes halogenated alkanes) is 2. The molecule has 3 heterocycles. The van der Waals surface area contributed by atoms with Gasteiger partial charge in [0, 0.05) is 45.8 Å². The lowest BCUT2D eigenvalue weighted by Crippen LogP contribution is -2.16. The topological polar surface area (TPSA) is 69.9 Å². The predicted molar refractivity (Wildman–Crippen MR) is 141 cm³/mol. The average molecular weight is 533 g/mol. The van der Waals surface area contributed by atoms with Crippen LogP contribution in [0.1, 0.15) is 37.3 Å². The number of rotatable bonds is 9. The van der Waals surface area contributed by atoms with Crippen LogP contribution >= 0.6 is 15.9 Å². The molecule has 0 aliphatic rings. The van der Waals surface area contributed by atoms with Crippen LogP contribution in [-0.2, 0) is 16.0 Å². The second-order valence-corrected chi connectivity index (χ2v) is 9.55. The molecular formula is C28H25BrN2O4. The maximum Gasteiger partial charge on any atom is 0.344 e. The number of aromatic nitrogens is 2. The summed E-state index contributed by atoms with van der Waals surface area (Å²) in [5, 5.41) is 2.45. The van der Waals surface area contributed by atoms with Gasteiger partial charge in [0.15, 0.2) is 12.0 Å². The molecule has 3 aromatic heterocycles. The van der Waals surface area contributed by atoms with E-state index in [-0.39, 0.29) is 12.0 Å². The second-order valence-electron chi connectivity index (χ2n) is 8.64. The van der Waals surface area contributed by atoms with Crippen molar-refractivity contribution in [3.63, 3.8) is 0 Å². The highest BCUT2D eigenvalue weighted by molar-refractivity contribution is 9.10. The Hall–Kier alpha value is -3.45. The summed E-state index contributed by atoms with van der Waals surface area (Å²) in [6.07, 6.45) is 8.81. The normalized spacial score (nSPS) is 11.5. The molecule has 0 amide bonds. The molecule has 0 aliphatic heterocycles. The molecule has 0 fully saturated rings. The molecule has 0 bridgehead atoms. The quantitative estimate of drug-likeness (QED) is 0.174.